The fraction of sp³-hybridized carbons (Fsp3) is 0.118. The zero-order valence-corrected chi connectivity index (χ0v) is 25.2. The number of Topliss-reactive ketones (excluding diaryl/α,β-unsaturated/α-hetero) is 1. The molecule has 1 atom stereocenters. The molecule has 1 fully saturated rings. The van der Waals surface area contributed by atoms with Crippen molar-refractivity contribution >= 4 is 45.7 Å². The fourth-order valence-corrected chi connectivity index (χ4v) is 6.74. The van der Waals surface area contributed by atoms with Gasteiger partial charge in [-0.25, -0.2) is 0 Å². The van der Waals surface area contributed by atoms with Crippen LogP contribution in [0.25, 0.3) is 5.76 Å². The minimum absolute atomic E-state index is 0.0301. The number of anilines is 1. The highest BCUT2D eigenvalue weighted by atomic mass is 32.2. The Hall–Kier alpha value is -4.93. The molecule has 0 saturated carbocycles. The second kappa shape index (κ2) is 12.7. The summed E-state index contributed by atoms with van der Waals surface area (Å²) in [5.41, 5.74) is 4.08. The largest absolute Gasteiger partial charge is 0.508 e. The summed E-state index contributed by atoms with van der Waals surface area (Å²) in [5.74, 6) is -0.694. The number of benzene rings is 4. The van der Waals surface area contributed by atoms with Crippen LogP contribution in [0.5, 0.6) is 11.5 Å². The SMILES string of the molecule is Cc1cccc(COc2ccc(C(O)=C3C(=O)C(=O)N(c4nnc(SCc5ccccc5)s4)C3c3ccc(O)cc3)cc2)c1. The number of amides is 1. The molecule has 1 aliphatic heterocycles. The van der Waals surface area contributed by atoms with Crippen molar-refractivity contribution in [1.29, 1.82) is 0 Å². The molecule has 1 unspecified atom stereocenters. The van der Waals surface area contributed by atoms with Gasteiger partial charge in [0.05, 0.1) is 11.6 Å². The molecular weight excluding hydrogens is 595 g/mol. The van der Waals surface area contributed by atoms with Crippen LogP contribution in [0.3, 0.4) is 0 Å². The van der Waals surface area contributed by atoms with Gasteiger partial charge in [0.15, 0.2) is 4.34 Å². The van der Waals surface area contributed by atoms with Crippen molar-refractivity contribution in [1.82, 2.24) is 10.2 Å². The number of rotatable bonds is 9. The number of aliphatic hydroxyl groups excluding tert-OH is 1. The normalized spacial score (nSPS) is 15.9. The number of carbonyl (C=O) groups is 2. The number of hydrogen-bond acceptors (Lipinski definition) is 9. The van der Waals surface area contributed by atoms with Crippen LogP contribution in [0.4, 0.5) is 5.13 Å². The summed E-state index contributed by atoms with van der Waals surface area (Å²) >= 11 is 2.67. The average molecular weight is 622 g/mol. The molecule has 2 heterocycles. The van der Waals surface area contributed by atoms with Crippen LogP contribution in [0.1, 0.15) is 33.9 Å². The molecule has 6 rings (SSSR count). The van der Waals surface area contributed by atoms with Crippen molar-refractivity contribution in [3.8, 4) is 11.5 Å². The lowest BCUT2D eigenvalue weighted by Gasteiger charge is -2.22. The Bertz CT molecular complexity index is 1840. The van der Waals surface area contributed by atoms with Crippen LogP contribution in [-0.2, 0) is 21.9 Å². The van der Waals surface area contributed by atoms with E-state index >= 15 is 0 Å². The van der Waals surface area contributed by atoms with Crippen molar-refractivity contribution in [3.63, 3.8) is 0 Å². The van der Waals surface area contributed by atoms with E-state index in [-0.39, 0.29) is 22.2 Å². The number of carbonyl (C=O) groups excluding carboxylic acids is 2. The van der Waals surface area contributed by atoms with E-state index in [9.17, 15) is 19.8 Å². The highest BCUT2D eigenvalue weighted by Gasteiger charge is 2.48. The van der Waals surface area contributed by atoms with Gasteiger partial charge in [0.1, 0.15) is 23.9 Å². The summed E-state index contributed by atoms with van der Waals surface area (Å²) in [6.45, 7) is 2.40. The summed E-state index contributed by atoms with van der Waals surface area (Å²) in [7, 11) is 0. The van der Waals surface area contributed by atoms with Gasteiger partial charge < -0.3 is 14.9 Å². The van der Waals surface area contributed by atoms with E-state index in [1.54, 1.807) is 36.4 Å². The van der Waals surface area contributed by atoms with Gasteiger partial charge in [0.25, 0.3) is 5.78 Å². The maximum atomic E-state index is 13.5. The van der Waals surface area contributed by atoms with Crippen LogP contribution in [0, 0.1) is 6.92 Å². The Kier molecular flexibility index (Phi) is 8.44. The molecule has 4 aromatic carbocycles. The maximum absolute atomic E-state index is 13.5. The number of ether oxygens (including phenoxy) is 1. The van der Waals surface area contributed by atoms with E-state index in [0.717, 1.165) is 16.7 Å². The van der Waals surface area contributed by atoms with Gasteiger partial charge >= 0.3 is 5.91 Å². The van der Waals surface area contributed by atoms with Crippen molar-refractivity contribution in [2.45, 2.75) is 29.7 Å². The van der Waals surface area contributed by atoms with Gasteiger partial charge in [0, 0.05) is 11.3 Å². The standard InChI is InChI=1S/C34H27N3O5S2/c1-21-6-5-9-23(18-21)19-42-27-16-12-25(13-17-27)30(39)28-29(24-10-14-26(38)15-11-24)37(32(41)31(28)40)33-35-36-34(44-33)43-20-22-7-3-2-4-8-22/h2-18,29,38-39H,19-20H2,1H3. The van der Waals surface area contributed by atoms with E-state index in [1.807, 2.05) is 61.5 Å². The van der Waals surface area contributed by atoms with E-state index < -0.39 is 17.7 Å². The monoisotopic (exact) mass is 621 g/mol. The van der Waals surface area contributed by atoms with E-state index in [1.165, 1.54) is 40.1 Å². The van der Waals surface area contributed by atoms with Crippen LogP contribution in [0.2, 0.25) is 0 Å². The van der Waals surface area contributed by atoms with Gasteiger partial charge in [-0.05, 0) is 60.0 Å². The Morgan fingerprint density at radius 2 is 1.64 bits per heavy atom. The first kappa shape index (κ1) is 29.2. The number of hydrogen-bond donors (Lipinski definition) is 2. The van der Waals surface area contributed by atoms with Gasteiger partial charge in [-0.3, -0.25) is 14.5 Å². The molecule has 5 aromatic rings. The third-order valence-electron chi connectivity index (χ3n) is 7.08. The maximum Gasteiger partial charge on any atom is 0.301 e. The van der Waals surface area contributed by atoms with Crippen molar-refractivity contribution < 1.29 is 24.5 Å². The molecule has 8 nitrogen and oxygen atoms in total. The highest BCUT2D eigenvalue weighted by Crippen LogP contribution is 2.44. The van der Waals surface area contributed by atoms with E-state index in [0.29, 0.717) is 33.6 Å². The lowest BCUT2D eigenvalue weighted by molar-refractivity contribution is -0.132. The molecule has 1 aromatic heterocycles. The number of aromatic hydroxyl groups is 1. The molecule has 0 bridgehead atoms. The van der Waals surface area contributed by atoms with Crippen LogP contribution in [0.15, 0.2) is 113 Å². The predicted octanol–water partition coefficient (Wildman–Crippen LogP) is 7.05. The molecule has 0 aliphatic carbocycles. The number of ketones is 1. The summed E-state index contributed by atoms with van der Waals surface area (Å²) in [5, 5.41) is 30.1. The van der Waals surface area contributed by atoms with Gasteiger partial charge in [-0.2, -0.15) is 0 Å². The average Bonchev–Trinajstić information content (AvgIpc) is 3.61. The second-order valence-corrected chi connectivity index (χ2v) is 12.4. The molecule has 1 saturated heterocycles. The van der Waals surface area contributed by atoms with Crippen LogP contribution >= 0.6 is 23.1 Å². The number of thioether (sulfide) groups is 1. The van der Waals surface area contributed by atoms with Crippen LogP contribution < -0.4 is 9.64 Å². The molecule has 2 N–H and O–H groups in total. The van der Waals surface area contributed by atoms with Gasteiger partial charge in [-0.1, -0.05) is 95.4 Å². The smallest absolute Gasteiger partial charge is 0.301 e. The number of aromatic nitrogens is 2. The molecule has 44 heavy (non-hydrogen) atoms. The molecule has 1 aliphatic rings. The van der Waals surface area contributed by atoms with Crippen molar-refractivity contribution in [3.05, 3.63) is 137 Å². The van der Waals surface area contributed by atoms with Crippen LogP contribution in [-0.4, -0.2) is 32.1 Å². The first-order valence-electron chi connectivity index (χ1n) is 13.8. The zero-order chi connectivity index (χ0) is 30.6. The third-order valence-corrected chi connectivity index (χ3v) is 9.20. The molecule has 10 heteroatoms. The topological polar surface area (TPSA) is 113 Å². The molecule has 220 valence electrons. The lowest BCUT2D eigenvalue weighted by Crippen LogP contribution is -2.29. The Morgan fingerprint density at radius 3 is 2.36 bits per heavy atom. The van der Waals surface area contributed by atoms with Gasteiger partial charge in [0.2, 0.25) is 5.13 Å². The zero-order valence-electron chi connectivity index (χ0n) is 23.6. The predicted molar refractivity (Wildman–Crippen MR) is 171 cm³/mol. The molecule has 0 spiro atoms. The Balaban J connectivity index is 1.30. The molecular formula is C34H27N3O5S2. The first-order valence-corrected chi connectivity index (χ1v) is 15.6. The number of aliphatic hydroxyl groups is 1. The van der Waals surface area contributed by atoms with E-state index in [4.69, 9.17) is 4.74 Å². The number of phenolic OH excluding ortho intramolecular Hbond substituents is 1. The summed E-state index contributed by atoms with van der Waals surface area (Å²) in [6.07, 6.45) is 0. The Labute approximate surface area is 262 Å². The lowest BCUT2D eigenvalue weighted by atomic mass is 9.95. The van der Waals surface area contributed by atoms with Crippen molar-refractivity contribution in [2.24, 2.45) is 0 Å². The second-order valence-electron chi connectivity index (χ2n) is 10.2. The van der Waals surface area contributed by atoms with E-state index in [2.05, 4.69) is 10.2 Å². The first-order chi connectivity index (χ1) is 21.4. The number of nitrogens with zero attached hydrogens (tertiary/aromatic N) is 3. The fourth-order valence-electron chi connectivity index (χ4n) is 4.91. The number of aryl methyl sites for hydroxylation is 1. The summed E-state index contributed by atoms with van der Waals surface area (Å²) < 4.78 is 6.54. The highest BCUT2D eigenvalue weighted by molar-refractivity contribution is 8.00. The third kappa shape index (κ3) is 6.22. The summed E-state index contributed by atoms with van der Waals surface area (Å²) in [6, 6.07) is 29.8. The minimum Gasteiger partial charge on any atom is -0.508 e. The number of phenols is 1. The molecule has 1 amide bonds. The summed E-state index contributed by atoms with van der Waals surface area (Å²) in [4.78, 5) is 28.2. The quantitative estimate of drug-likeness (QED) is 0.0592. The Morgan fingerprint density at radius 1 is 0.909 bits per heavy atom. The van der Waals surface area contributed by atoms with Crippen molar-refractivity contribution in [2.75, 3.05) is 4.90 Å². The molecule has 0 radical (unpaired) electrons. The minimum atomic E-state index is -0.979. The van der Waals surface area contributed by atoms with Gasteiger partial charge in [-0.15, -0.1) is 10.2 Å².